The highest BCUT2D eigenvalue weighted by Crippen LogP contribution is 2.31. The molecule has 106 valence electrons. The Hall–Kier alpha value is -0.120. The van der Waals surface area contributed by atoms with E-state index in [1.165, 1.54) is 38.6 Å². The van der Waals surface area contributed by atoms with Gasteiger partial charge >= 0.3 is 0 Å². The number of fused-ring (bicyclic) bond motifs is 2. The smallest absolute Gasteiger partial charge is 0.0477 e. The van der Waals surface area contributed by atoms with Gasteiger partial charge in [0.2, 0.25) is 0 Å². The van der Waals surface area contributed by atoms with Crippen LogP contribution in [0.3, 0.4) is 0 Å². The minimum atomic E-state index is 0.660. The molecule has 0 aromatic carbocycles. The van der Waals surface area contributed by atoms with Crippen LogP contribution in [-0.2, 0) is 4.74 Å². The molecule has 3 atom stereocenters. The molecule has 1 N–H and O–H groups in total. The van der Waals surface area contributed by atoms with E-state index in [9.17, 15) is 0 Å². The first-order chi connectivity index (χ1) is 8.74. The van der Waals surface area contributed by atoms with Gasteiger partial charge in [-0.1, -0.05) is 6.92 Å². The average Bonchev–Trinajstić information content (AvgIpc) is 2.72. The van der Waals surface area contributed by atoms with Gasteiger partial charge < -0.3 is 10.1 Å². The molecule has 0 aromatic heterocycles. The number of piperidine rings is 1. The molecule has 2 aliphatic heterocycles. The van der Waals surface area contributed by atoms with E-state index in [4.69, 9.17) is 4.74 Å². The topological polar surface area (TPSA) is 24.5 Å². The molecule has 0 saturated carbocycles. The molecule has 3 heteroatoms. The fourth-order valence-electron chi connectivity index (χ4n) is 3.77. The summed E-state index contributed by atoms with van der Waals surface area (Å²) >= 11 is 0. The van der Waals surface area contributed by atoms with Crippen molar-refractivity contribution >= 4 is 0 Å². The lowest BCUT2D eigenvalue weighted by atomic mass is 9.96. The van der Waals surface area contributed by atoms with E-state index in [1.807, 2.05) is 7.11 Å². The molecular weight excluding hydrogens is 224 g/mol. The Morgan fingerprint density at radius 3 is 2.50 bits per heavy atom. The van der Waals surface area contributed by atoms with Crippen LogP contribution < -0.4 is 5.32 Å². The Labute approximate surface area is 112 Å². The standard InChI is InChI=1S/C15H30N2O/c1-4-8-17(12(2)7-9-18-3)15-10-13-5-6-14(11-15)16-13/h12-16H,4-11H2,1-3H3. The van der Waals surface area contributed by atoms with Gasteiger partial charge in [0.15, 0.2) is 0 Å². The van der Waals surface area contributed by atoms with Crippen LogP contribution in [0.1, 0.15) is 52.4 Å². The van der Waals surface area contributed by atoms with Gasteiger partial charge in [0.25, 0.3) is 0 Å². The van der Waals surface area contributed by atoms with Crippen LogP contribution >= 0.6 is 0 Å². The van der Waals surface area contributed by atoms with Crippen LogP contribution in [0.2, 0.25) is 0 Å². The van der Waals surface area contributed by atoms with Gasteiger partial charge in [0, 0.05) is 37.9 Å². The molecule has 2 rings (SSSR count). The Morgan fingerprint density at radius 2 is 1.94 bits per heavy atom. The van der Waals surface area contributed by atoms with Crippen LogP contribution in [0, 0.1) is 0 Å². The zero-order valence-electron chi connectivity index (χ0n) is 12.3. The minimum Gasteiger partial charge on any atom is -0.385 e. The highest BCUT2D eigenvalue weighted by Gasteiger charge is 2.36. The van der Waals surface area contributed by atoms with Crippen molar-refractivity contribution in [2.75, 3.05) is 20.3 Å². The first-order valence-electron chi connectivity index (χ1n) is 7.75. The van der Waals surface area contributed by atoms with Crippen molar-refractivity contribution in [1.82, 2.24) is 10.2 Å². The summed E-state index contributed by atoms with van der Waals surface area (Å²) in [5.74, 6) is 0. The molecule has 0 radical (unpaired) electrons. The second-order valence-corrected chi connectivity index (χ2v) is 6.13. The fourth-order valence-corrected chi connectivity index (χ4v) is 3.77. The second-order valence-electron chi connectivity index (χ2n) is 6.13. The fraction of sp³-hybridized carbons (Fsp3) is 1.00. The molecule has 0 aliphatic carbocycles. The molecule has 2 fully saturated rings. The van der Waals surface area contributed by atoms with E-state index >= 15 is 0 Å². The summed E-state index contributed by atoms with van der Waals surface area (Å²) < 4.78 is 5.24. The lowest BCUT2D eigenvalue weighted by Crippen LogP contribution is -2.51. The molecule has 2 saturated heterocycles. The molecular formula is C15H30N2O. The summed E-state index contributed by atoms with van der Waals surface area (Å²) in [6, 6.07) is 3.05. The third kappa shape index (κ3) is 3.46. The highest BCUT2D eigenvalue weighted by atomic mass is 16.5. The molecule has 3 nitrogen and oxygen atoms in total. The maximum atomic E-state index is 5.24. The van der Waals surface area contributed by atoms with E-state index in [0.29, 0.717) is 6.04 Å². The number of ether oxygens (including phenoxy) is 1. The summed E-state index contributed by atoms with van der Waals surface area (Å²) in [7, 11) is 1.81. The summed E-state index contributed by atoms with van der Waals surface area (Å²) in [6.45, 7) is 6.80. The van der Waals surface area contributed by atoms with Crippen LogP contribution in [0.25, 0.3) is 0 Å². The Kier molecular flexibility index (Phi) is 5.46. The SMILES string of the molecule is CCCN(C(C)CCOC)C1CC2CCC(C1)N2. The first-order valence-corrected chi connectivity index (χ1v) is 7.75. The second kappa shape index (κ2) is 6.88. The minimum absolute atomic E-state index is 0.660. The van der Waals surface area contributed by atoms with Gasteiger partial charge in [-0.25, -0.2) is 0 Å². The normalized spacial score (nSPS) is 33.0. The number of nitrogens with one attached hydrogen (secondary N) is 1. The Morgan fingerprint density at radius 1 is 1.28 bits per heavy atom. The first kappa shape index (κ1) is 14.3. The van der Waals surface area contributed by atoms with Crippen molar-refractivity contribution < 1.29 is 4.74 Å². The van der Waals surface area contributed by atoms with Crippen molar-refractivity contribution in [3.63, 3.8) is 0 Å². The number of nitrogens with zero attached hydrogens (tertiary/aromatic N) is 1. The number of hydrogen-bond acceptors (Lipinski definition) is 3. The maximum Gasteiger partial charge on any atom is 0.0477 e. The molecule has 18 heavy (non-hydrogen) atoms. The largest absolute Gasteiger partial charge is 0.385 e. The Balaban J connectivity index is 1.91. The maximum absolute atomic E-state index is 5.24. The summed E-state index contributed by atoms with van der Waals surface area (Å²) in [4.78, 5) is 2.76. The predicted octanol–water partition coefficient (Wildman–Crippen LogP) is 2.41. The zero-order valence-corrected chi connectivity index (χ0v) is 12.3. The van der Waals surface area contributed by atoms with Crippen molar-refractivity contribution in [2.24, 2.45) is 0 Å². The van der Waals surface area contributed by atoms with Crippen molar-refractivity contribution in [2.45, 2.75) is 76.5 Å². The lowest BCUT2D eigenvalue weighted by molar-refractivity contribution is 0.0781. The van der Waals surface area contributed by atoms with Gasteiger partial charge in [-0.3, -0.25) is 4.90 Å². The Bertz CT molecular complexity index is 235. The lowest BCUT2D eigenvalue weighted by Gasteiger charge is -2.41. The quantitative estimate of drug-likeness (QED) is 0.755. The molecule has 2 aliphatic rings. The van der Waals surface area contributed by atoms with E-state index in [-0.39, 0.29) is 0 Å². The van der Waals surface area contributed by atoms with Gasteiger partial charge in [0.05, 0.1) is 0 Å². The number of rotatable bonds is 7. The third-order valence-electron chi connectivity index (χ3n) is 4.70. The molecule has 2 heterocycles. The predicted molar refractivity (Wildman–Crippen MR) is 75.9 cm³/mol. The molecule has 2 bridgehead atoms. The zero-order chi connectivity index (χ0) is 13.0. The highest BCUT2D eigenvalue weighted by molar-refractivity contribution is 4.96. The van der Waals surface area contributed by atoms with E-state index in [2.05, 4.69) is 24.1 Å². The van der Waals surface area contributed by atoms with E-state index < -0.39 is 0 Å². The molecule has 0 spiro atoms. The van der Waals surface area contributed by atoms with Crippen molar-refractivity contribution in [3.8, 4) is 0 Å². The van der Waals surface area contributed by atoms with E-state index in [1.54, 1.807) is 0 Å². The van der Waals surface area contributed by atoms with Crippen LogP contribution in [-0.4, -0.2) is 49.3 Å². The molecule has 0 aromatic rings. The van der Waals surface area contributed by atoms with Crippen molar-refractivity contribution in [3.05, 3.63) is 0 Å². The van der Waals surface area contributed by atoms with Gasteiger partial charge in [0.1, 0.15) is 0 Å². The number of methoxy groups -OCH3 is 1. The van der Waals surface area contributed by atoms with Crippen LogP contribution in [0.15, 0.2) is 0 Å². The van der Waals surface area contributed by atoms with Crippen molar-refractivity contribution in [1.29, 1.82) is 0 Å². The third-order valence-corrected chi connectivity index (χ3v) is 4.70. The number of hydrogen-bond donors (Lipinski definition) is 1. The summed E-state index contributed by atoms with van der Waals surface area (Å²) in [5, 5.41) is 3.75. The van der Waals surface area contributed by atoms with Gasteiger partial charge in [-0.05, 0) is 52.0 Å². The summed E-state index contributed by atoms with van der Waals surface area (Å²) in [6.07, 6.45) is 7.93. The van der Waals surface area contributed by atoms with Crippen LogP contribution in [0.4, 0.5) is 0 Å². The average molecular weight is 254 g/mol. The molecule has 3 unspecified atom stereocenters. The van der Waals surface area contributed by atoms with Gasteiger partial charge in [-0.2, -0.15) is 0 Å². The van der Waals surface area contributed by atoms with E-state index in [0.717, 1.165) is 31.2 Å². The van der Waals surface area contributed by atoms with Crippen LogP contribution in [0.5, 0.6) is 0 Å². The van der Waals surface area contributed by atoms with Gasteiger partial charge in [-0.15, -0.1) is 0 Å². The molecule has 0 amide bonds. The summed E-state index contributed by atoms with van der Waals surface area (Å²) in [5.41, 5.74) is 0. The monoisotopic (exact) mass is 254 g/mol.